The monoisotopic (exact) mass is 178 g/mol. The van der Waals surface area contributed by atoms with Crippen LogP contribution in [0.2, 0.25) is 0 Å². The predicted molar refractivity (Wildman–Crippen MR) is 54.0 cm³/mol. The molecule has 2 amide bonds. The van der Waals surface area contributed by atoms with Crippen molar-refractivity contribution in [3.63, 3.8) is 0 Å². The molecule has 0 saturated heterocycles. The molecule has 0 unspecified atom stereocenters. The summed E-state index contributed by atoms with van der Waals surface area (Å²) in [5, 5.41) is 2.56. The van der Waals surface area contributed by atoms with Gasteiger partial charge in [-0.15, -0.1) is 0 Å². The molecule has 1 aromatic rings. The Bertz CT molecular complexity index is 292. The second-order valence-electron chi connectivity index (χ2n) is 2.95. The van der Waals surface area contributed by atoms with Crippen molar-refractivity contribution in [3.05, 3.63) is 29.8 Å². The minimum absolute atomic E-state index is 0.108. The van der Waals surface area contributed by atoms with Crippen LogP contribution >= 0.6 is 0 Å². The lowest BCUT2D eigenvalue weighted by atomic mass is 10.2. The quantitative estimate of drug-likeness (QED) is 0.698. The van der Waals surface area contributed by atoms with E-state index in [1.54, 1.807) is 19.0 Å². The van der Waals surface area contributed by atoms with Crippen LogP contribution in [0.5, 0.6) is 0 Å². The highest BCUT2D eigenvalue weighted by Crippen LogP contribution is 2.12. The van der Waals surface area contributed by atoms with Crippen LogP contribution in [0.25, 0.3) is 0 Å². The van der Waals surface area contributed by atoms with Crippen molar-refractivity contribution in [2.75, 3.05) is 19.0 Å². The molecule has 0 aliphatic carbocycles. The van der Waals surface area contributed by atoms with Crippen molar-refractivity contribution < 1.29 is 4.79 Å². The van der Waals surface area contributed by atoms with E-state index in [-0.39, 0.29) is 6.03 Å². The maximum Gasteiger partial charge on any atom is 0.321 e. The molecule has 1 N–H and O–H groups in total. The lowest BCUT2D eigenvalue weighted by Gasteiger charge is -2.16. The van der Waals surface area contributed by atoms with Gasteiger partial charge in [-0.25, -0.2) is 4.79 Å². The van der Waals surface area contributed by atoms with Crippen molar-refractivity contribution in [2.45, 2.75) is 6.92 Å². The normalized spacial score (nSPS) is 9.46. The Morgan fingerprint density at radius 2 is 1.85 bits per heavy atom. The first-order valence-electron chi connectivity index (χ1n) is 4.17. The van der Waals surface area contributed by atoms with Crippen molar-refractivity contribution in [2.24, 2.45) is 0 Å². The summed E-state index contributed by atoms with van der Waals surface area (Å²) in [6, 6.07) is 7.70. The smallest absolute Gasteiger partial charge is 0.321 e. The Morgan fingerprint density at radius 3 is 2.31 bits per heavy atom. The van der Waals surface area contributed by atoms with Crippen molar-refractivity contribution in [1.29, 1.82) is 0 Å². The SMILES string of the molecule is CNC(=O)N(C)c1ccc(C)cc1. The molecule has 0 heterocycles. The largest absolute Gasteiger partial charge is 0.341 e. The third kappa shape index (κ3) is 2.21. The number of hydrogen-bond donors (Lipinski definition) is 1. The number of rotatable bonds is 1. The highest BCUT2D eigenvalue weighted by Gasteiger charge is 2.06. The fraction of sp³-hybridized carbons (Fsp3) is 0.300. The molecule has 1 rings (SSSR count). The highest BCUT2D eigenvalue weighted by atomic mass is 16.2. The van der Waals surface area contributed by atoms with E-state index in [2.05, 4.69) is 5.32 Å². The zero-order valence-electron chi connectivity index (χ0n) is 8.16. The van der Waals surface area contributed by atoms with Gasteiger partial charge >= 0.3 is 6.03 Å². The first-order chi connectivity index (χ1) is 6.15. The molecule has 0 bridgehead atoms. The third-order valence-electron chi connectivity index (χ3n) is 1.94. The summed E-state index contributed by atoms with van der Waals surface area (Å²) in [5.41, 5.74) is 2.08. The van der Waals surface area contributed by atoms with E-state index >= 15 is 0 Å². The molecular weight excluding hydrogens is 164 g/mol. The van der Waals surface area contributed by atoms with Gasteiger partial charge in [0.2, 0.25) is 0 Å². The van der Waals surface area contributed by atoms with E-state index in [4.69, 9.17) is 0 Å². The van der Waals surface area contributed by atoms with Gasteiger partial charge in [0.05, 0.1) is 0 Å². The number of anilines is 1. The van der Waals surface area contributed by atoms with E-state index in [1.807, 2.05) is 31.2 Å². The van der Waals surface area contributed by atoms with Gasteiger partial charge in [-0.1, -0.05) is 17.7 Å². The lowest BCUT2D eigenvalue weighted by Crippen LogP contribution is -2.34. The molecule has 1 aromatic carbocycles. The standard InChI is InChI=1S/C10H14N2O/c1-8-4-6-9(7-5-8)12(3)10(13)11-2/h4-7H,1-3H3,(H,11,13). The van der Waals surface area contributed by atoms with Crippen molar-refractivity contribution in [1.82, 2.24) is 5.32 Å². The summed E-state index contributed by atoms with van der Waals surface area (Å²) in [6.07, 6.45) is 0. The minimum Gasteiger partial charge on any atom is -0.341 e. The second-order valence-corrected chi connectivity index (χ2v) is 2.95. The van der Waals surface area contributed by atoms with Crippen LogP contribution < -0.4 is 10.2 Å². The number of amides is 2. The van der Waals surface area contributed by atoms with Crippen LogP contribution in [0.3, 0.4) is 0 Å². The predicted octanol–water partition coefficient (Wildman–Crippen LogP) is 1.77. The van der Waals surface area contributed by atoms with Crippen molar-refractivity contribution in [3.8, 4) is 0 Å². The molecule has 0 aliphatic heterocycles. The number of nitrogens with one attached hydrogen (secondary N) is 1. The Morgan fingerprint density at radius 1 is 1.31 bits per heavy atom. The number of carbonyl (C=O) groups excluding carboxylic acids is 1. The van der Waals surface area contributed by atoms with Gasteiger partial charge in [-0.3, -0.25) is 4.90 Å². The van der Waals surface area contributed by atoms with Gasteiger partial charge < -0.3 is 5.32 Å². The van der Waals surface area contributed by atoms with E-state index in [0.29, 0.717) is 0 Å². The number of aryl methyl sites for hydroxylation is 1. The second kappa shape index (κ2) is 3.94. The molecule has 3 heteroatoms. The molecule has 0 fully saturated rings. The molecule has 0 saturated carbocycles. The number of hydrogen-bond acceptors (Lipinski definition) is 1. The van der Waals surface area contributed by atoms with E-state index in [1.165, 1.54) is 5.56 Å². The Labute approximate surface area is 78.4 Å². The maximum absolute atomic E-state index is 11.2. The minimum atomic E-state index is -0.108. The molecule has 0 aromatic heterocycles. The summed E-state index contributed by atoms with van der Waals surface area (Å²) < 4.78 is 0. The summed E-state index contributed by atoms with van der Waals surface area (Å²) >= 11 is 0. The van der Waals surface area contributed by atoms with Crippen LogP contribution in [-0.2, 0) is 0 Å². The fourth-order valence-corrected chi connectivity index (χ4v) is 1.05. The zero-order chi connectivity index (χ0) is 9.84. The topological polar surface area (TPSA) is 32.3 Å². The van der Waals surface area contributed by atoms with Crippen LogP contribution in [0, 0.1) is 6.92 Å². The number of benzene rings is 1. The van der Waals surface area contributed by atoms with Gasteiger partial charge in [0.25, 0.3) is 0 Å². The maximum atomic E-state index is 11.2. The average molecular weight is 178 g/mol. The average Bonchev–Trinajstić information content (AvgIpc) is 2.17. The molecule has 0 aliphatic rings. The number of urea groups is 1. The van der Waals surface area contributed by atoms with Gasteiger partial charge in [0, 0.05) is 19.8 Å². The van der Waals surface area contributed by atoms with E-state index in [0.717, 1.165) is 5.69 Å². The summed E-state index contributed by atoms with van der Waals surface area (Å²) in [4.78, 5) is 12.8. The highest BCUT2D eigenvalue weighted by molar-refractivity contribution is 5.91. The number of nitrogens with zero attached hydrogens (tertiary/aromatic N) is 1. The lowest BCUT2D eigenvalue weighted by molar-refractivity contribution is 0.249. The molecule has 13 heavy (non-hydrogen) atoms. The summed E-state index contributed by atoms with van der Waals surface area (Å²) in [5.74, 6) is 0. The zero-order valence-corrected chi connectivity index (χ0v) is 8.16. The van der Waals surface area contributed by atoms with Gasteiger partial charge in [0.15, 0.2) is 0 Å². The fourth-order valence-electron chi connectivity index (χ4n) is 1.05. The van der Waals surface area contributed by atoms with Crippen molar-refractivity contribution >= 4 is 11.7 Å². The van der Waals surface area contributed by atoms with Gasteiger partial charge in [-0.2, -0.15) is 0 Å². The van der Waals surface area contributed by atoms with E-state index < -0.39 is 0 Å². The third-order valence-corrected chi connectivity index (χ3v) is 1.94. The Hall–Kier alpha value is -1.51. The summed E-state index contributed by atoms with van der Waals surface area (Å²) in [6.45, 7) is 2.02. The first-order valence-corrected chi connectivity index (χ1v) is 4.17. The molecule has 70 valence electrons. The Kier molecular flexibility index (Phi) is 2.90. The Balaban J connectivity index is 2.83. The van der Waals surface area contributed by atoms with Crippen LogP contribution in [0.15, 0.2) is 24.3 Å². The van der Waals surface area contributed by atoms with Crippen LogP contribution in [0.1, 0.15) is 5.56 Å². The van der Waals surface area contributed by atoms with E-state index in [9.17, 15) is 4.79 Å². The molecular formula is C10H14N2O. The molecule has 0 radical (unpaired) electrons. The van der Waals surface area contributed by atoms with Crippen LogP contribution in [0.4, 0.5) is 10.5 Å². The molecule has 3 nitrogen and oxygen atoms in total. The molecule has 0 atom stereocenters. The summed E-state index contributed by atoms with van der Waals surface area (Å²) in [7, 11) is 3.36. The molecule has 0 spiro atoms. The van der Waals surface area contributed by atoms with Crippen LogP contribution in [-0.4, -0.2) is 20.1 Å². The number of carbonyl (C=O) groups is 1. The van der Waals surface area contributed by atoms with Gasteiger partial charge in [-0.05, 0) is 19.1 Å². The first kappa shape index (κ1) is 9.58. The van der Waals surface area contributed by atoms with Gasteiger partial charge in [0.1, 0.15) is 0 Å².